The quantitative estimate of drug-likeness (QED) is 0.847. The average molecular weight is 288 g/mol. The Bertz CT molecular complexity index is 649. The Balaban J connectivity index is 1.66. The molecule has 0 radical (unpaired) electrons. The largest absolute Gasteiger partial charge is 0.378 e. The second kappa shape index (κ2) is 6.06. The summed E-state index contributed by atoms with van der Waals surface area (Å²) in [6.07, 6.45) is 4.47. The van der Waals surface area contributed by atoms with Gasteiger partial charge in [0.15, 0.2) is 11.6 Å². The number of aryl methyl sites for hydroxylation is 1. The van der Waals surface area contributed by atoms with Crippen LogP contribution in [-0.4, -0.2) is 28.0 Å². The Morgan fingerprint density at radius 3 is 2.95 bits per heavy atom. The summed E-state index contributed by atoms with van der Waals surface area (Å²) in [4.78, 5) is 4.34. The first-order chi connectivity index (χ1) is 10.3. The van der Waals surface area contributed by atoms with E-state index in [1.54, 1.807) is 6.92 Å². The summed E-state index contributed by atoms with van der Waals surface area (Å²) >= 11 is 0. The zero-order chi connectivity index (χ0) is 14.7. The van der Waals surface area contributed by atoms with E-state index in [0.717, 1.165) is 19.4 Å². The first-order valence-corrected chi connectivity index (χ1v) is 7.04. The van der Waals surface area contributed by atoms with Crippen molar-refractivity contribution in [1.82, 2.24) is 15.3 Å². The van der Waals surface area contributed by atoms with E-state index in [0.29, 0.717) is 41.6 Å². The highest BCUT2D eigenvalue weighted by atomic mass is 16.5. The topological polar surface area (TPSA) is 98.0 Å². The molecule has 3 rings (SSSR count). The lowest BCUT2D eigenvalue weighted by atomic mass is 10.1. The Hall–Kier alpha value is -2.20. The first-order valence-electron chi connectivity index (χ1n) is 7.04. The minimum atomic E-state index is 0.174. The van der Waals surface area contributed by atoms with E-state index in [2.05, 4.69) is 21.4 Å². The smallest absolute Gasteiger partial charge is 0.232 e. The highest BCUT2D eigenvalue weighted by Gasteiger charge is 2.19. The van der Waals surface area contributed by atoms with Gasteiger partial charge in [-0.1, -0.05) is 10.3 Å². The number of rotatable bonds is 4. The van der Waals surface area contributed by atoms with Gasteiger partial charge >= 0.3 is 0 Å². The fraction of sp³-hybridized carbons (Fsp3) is 0.571. The van der Waals surface area contributed by atoms with E-state index in [-0.39, 0.29) is 6.10 Å². The fourth-order valence-corrected chi connectivity index (χ4v) is 2.44. The summed E-state index contributed by atoms with van der Waals surface area (Å²) in [5, 5.41) is 16.9. The maximum absolute atomic E-state index is 9.05. The molecule has 0 aliphatic carbocycles. The molecule has 1 fully saturated rings. The SMILES string of the molecule is Cc1onc(Cc2nc(CC3CCCCO3)no2)c1C#N. The van der Waals surface area contributed by atoms with Gasteiger partial charge in [-0.3, -0.25) is 0 Å². The normalized spacial score (nSPS) is 18.6. The van der Waals surface area contributed by atoms with Crippen LogP contribution in [0.15, 0.2) is 9.05 Å². The van der Waals surface area contributed by atoms with Crippen molar-refractivity contribution < 1.29 is 13.8 Å². The van der Waals surface area contributed by atoms with Crippen molar-refractivity contribution >= 4 is 0 Å². The van der Waals surface area contributed by atoms with Crippen molar-refractivity contribution in [2.75, 3.05) is 6.61 Å². The maximum Gasteiger partial charge on any atom is 0.232 e. The molecule has 0 saturated carbocycles. The monoisotopic (exact) mass is 288 g/mol. The predicted molar refractivity (Wildman–Crippen MR) is 70.4 cm³/mol. The third kappa shape index (κ3) is 3.11. The summed E-state index contributed by atoms with van der Waals surface area (Å²) in [5.74, 6) is 1.57. The molecule has 2 aromatic rings. The molecule has 0 amide bonds. The molecule has 2 aromatic heterocycles. The fourth-order valence-electron chi connectivity index (χ4n) is 2.44. The second-order valence-corrected chi connectivity index (χ2v) is 5.15. The van der Waals surface area contributed by atoms with Crippen molar-refractivity contribution in [2.45, 2.75) is 45.1 Å². The maximum atomic E-state index is 9.05. The Kier molecular flexibility index (Phi) is 3.97. The zero-order valence-corrected chi connectivity index (χ0v) is 11.8. The standard InChI is InChI=1S/C14H16N4O3/c1-9-11(8-15)12(17-20-9)7-14-16-13(18-21-14)6-10-4-2-3-5-19-10/h10H,2-7H2,1H3. The van der Waals surface area contributed by atoms with Crippen LogP contribution in [0.1, 0.15) is 48.0 Å². The van der Waals surface area contributed by atoms with Crippen molar-refractivity contribution in [2.24, 2.45) is 0 Å². The van der Waals surface area contributed by atoms with Gasteiger partial charge in [0.1, 0.15) is 17.3 Å². The molecule has 3 heterocycles. The lowest BCUT2D eigenvalue weighted by Gasteiger charge is -2.20. The minimum Gasteiger partial charge on any atom is -0.378 e. The number of hydrogen-bond donors (Lipinski definition) is 0. The van der Waals surface area contributed by atoms with E-state index in [1.807, 2.05) is 0 Å². The molecule has 1 aliphatic heterocycles. The lowest BCUT2D eigenvalue weighted by Crippen LogP contribution is -2.21. The zero-order valence-electron chi connectivity index (χ0n) is 11.8. The summed E-state index contributed by atoms with van der Waals surface area (Å²) in [6.45, 7) is 2.51. The van der Waals surface area contributed by atoms with Gasteiger partial charge in [0.05, 0.1) is 12.5 Å². The summed E-state index contributed by atoms with van der Waals surface area (Å²) < 4.78 is 15.9. The molecule has 7 nitrogen and oxygen atoms in total. The third-order valence-corrected chi connectivity index (χ3v) is 3.56. The van der Waals surface area contributed by atoms with Gasteiger partial charge in [0, 0.05) is 13.0 Å². The summed E-state index contributed by atoms with van der Waals surface area (Å²) in [5.41, 5.74) is 0.962. The van der Waals surface area contributed by atoms with Crippen LogP contribution < -0.4 is 0 Å². The molecular weight excluding hydrogens is 272 g/mol. The molecule has 1 atom stereocenters. The molecular formula is C14H16N4O3. The highest BCUT2D eigenvalue weighted by Crippen LogP contribution is 2.18. The van der Waals surface area contributed by atoms with Gasteiger partial charge in [-0.15, -0.1) is 0 Å². The van der Waals surface area contributed by atoms with Crippen LogP contribution in [0, 0.1) is 18.3 Å². The van der Waals surface area contributed by atoms with Crippen LogP contribution in [0.3, 0.4) is 0 Å². The molecule has 0 N–H and O–H groups in total. The molecule has 0 spiro atoms. The second-order valence-electron chi connectivity index (χ2n) is 5.15. The van der Waals surface area contributed by atoms with Crippen molar-refractivity contribution in [1.29, 1.82) is 5.26 Å². The van der Waals surface area contributed by atoms with Crippen LogP contribution in [-0.2, 0) is 17.6 Å². The van der Waals surface area contributed by atoms with E-state index in [4.69, 9.17) is 19.0 Å². The number of aromatic nitrogens is 3. The molecule has 1 unspecified atom stereocenters. The summed E-state index contributed by atoms with van der Waals surface area (Å²) in [6, 6.07) is 2.07. The van der Waals surface area contributed by atoms with Gasteiger partial charge in [-0.05, 0) is 26.2 Å². The molecule has 21 heavy (non-hydrogen) atoms. The first kappa shape index (κ1) is 13.8. The molecule has 1 saturated heterocycles. The molecule has 7 heteroatoms. The van der Waals surface area contributed by atoms with Gasteiger partial charge in [0.25, 0.3) is 0 Å². The van der Waals surface area contributed by atoms with Crippen LogP contribution in [0.4, 0.5) is 0 Å². The number of ether oxygens (including phenoxy) is 1. The number of nitriles is 1. The molecule has 110 valence electrons. The lowest BCUT2D eigenvalue weighted by molar-refractivity contribution is 0.0153. The van der Waals surface area contributed by atoms with E-state index >= 15 is 0 Å². The number of hydrogen-bond acceptors (Lipinski definition) is 7. The summed E-state index contributed by atoms with van der Waals surface area (Å²) in [7, 11) is 0. The van der Waals surface area contributed by atoms with Gasteiger partial charge in [-0.2, -0.15) is 10.2 Å². The van der Waals surface area contributed by atoms with Crippen molar-refractivity contribution in [3.8, 4) is 6.07 Å². The van der Waals surface area contributed by atoms with Gasteiger partial charge in [-0.25, -0.2) is 0 Å². The highest BCUT2D eigenvalue weighted by molar-refractivity contribution is 5.36. The van der Waals surface area contributed by atoms with Gasteiger partial charge in [0.2, 0.25) is 5.89 Å². The van der Waals surface area contributed by atoms with E-state index in [9.17, 15) is 0 Å². The predicted octanol–water partition coefficient (Wildman–Crippen LogP) is 1.94. The average Bonchev–Trinajstić information content (AvgIpc) is 3.07. The van der Waals surface area contributed by atoms with Crippen LogP contribution in [0.25, 0.3) is 0 Å². The molecule has 1 aliphatic rings. The van der Waals surface area contributed by atoms with Crippen molar-refractivity contribution in [3.05, 3.63) is 28.7 Å². The third-order valence-electron chi connectivity index (χ3n) is 3.56. The van der Waals surface area contributed by atoms with E-state index in [1.165, 1.54) is 6.42 Å². The molecule has 0 bridgehead atoms. The Morgan fingerprint density at radius 2 is 2.19 bits per heavy atom. The number of nitrogens with zero attached hydrogens (tertiary/aromatic N) is 4. The van der Waals surface area contributed by atoms with Gasteiger partial charge < -0.3 is 13.8 Å². The van der Waals surface area contributed by atoms with Crippen LogP contribution in [0.2, 0.25) is 0 Å². The minimum absolute atomic E-state index is 0.174. The van der Waals surface area contributed by atoms with Crippen LogP contribution >= 0.6 is 0 Å². The van der Waals surface area contributed by atoms with Crippen molar-refractivity contribution in [3.63, 3.8) is 0 Å². The Labute approximate surface area is 121 Å². The Morgan fingerprint density at radius 1 is 1.29 bits per heavy atom. The molecule has 0 aromatic carbocycles. The van der Waals surface area contributed by atoms with Crippen LogP contribution in [0.5, 0.6) is 0 Å². The van der Waals surface area contributed by atoms with E-state index < -0.39 is 0 Å².